The molecule has 12 nitrogen and oxygen atoms in total. The Morgan fingerprint density at radius 3 is 2.07 bits per heavy atom. The number of benzene rings is 3. The van der Waals surface area contributed by atoms with Gasteiger partial charge in [0.15, 0.2) is 23.0 Å². The average molecular weight is 658 g/mol. The molecule has 3 aromatic carbocycles. The van der Waals surface area contributed by atoms with E-state index in [9.17, 15) is 23.1 Å². The molecule has 46 heavy (non-hydrogen) atoms. The van der Waals surface area contributed by atoms with Gasteiger partial charge in [0, 0.05) is 18.7 Å². The molecule has 0 aliphatic heterocycles. The molecule has 0 saturated carbocycles. The lowest BCUT2D eigenvalue weighted by molar-refractivity contribution is 0.0526. The molecular weight excluding hydrogens is 614 g/mol. The first-order valence-electron chi connectivity index (χ1n) is 14.6. The summed E-state index contributed by atoms with van der Waals surface area (Å²) in [6.07, 6.45) is -0.633. The number of amides is 2. The molecule has 250 valence electrons. The minimum absolute atomic E-state index is 0.00959. The van der Waals surface area contributed by atoms with E-state index >= 15 is 0 Å². The molecule has 0 bridgehead atoms. The largest absolute Gasteiger partial charge is 0.493 e. The molecule has 0 aliphatic rings. The molecule has 13 heteroatoms. The number of methoxy groups -OCH3 is 1. The molecule has 0 unspecified atom stereocenters. The van der Waals surface area contributed by atoms with Crippen LogP contribution < -0.4 is 29.6 Å². The van der Waals surface area contributed by atoms with Gasteiger partial charge in [0.25, 0.3) is 15.9 Å². The van der Waals surface area contributed by atoms with Crippen LogP contribution in [0.15, 0.2) is 65.6 Å². The molecule has 0 heterocycles. The summed E-state index contributed by atoms with van der Waals surface area (Å²) in [5, 5.41) is 14.7. The summed E-state index contributed by atoms with van der Waals surface area (Å²) in [7, 11) is -2.73. The van der Waals surface area contributed by atoms with E-state index in [1.165, 1.54) is 31.4 Å². The smallest absolute Gasteiger partial charge is 0.407 e. The van der Waals surface area contributed by atoms with Crippen LogP contribution in [-0.4, -0.2) is 64.5 Å². The average Bonchev–Trinajstić information content (AvgIpc) is 2.98. The van der Waals surface area contributed by atoms with Crippen LogP contribution in [0, 0.1) is 0 Å². The fraction of sp³-hybridized carbons (Fsp3) is 0.394. The molecular formula is C33H43N3O9S. The molecule has 0 aromatic heterocycles. The van der Waals surface area contributed by atoms with Gasteiger partial charge in [-0.05, 0) is 68.1 Å². The number of aliphatic hydroxyl groups is 1. The summed E-state index contributed by atoms with van der Waals surface area (Å²) < 4.78 is 52.3. The van der Waals surface area contributed by atoms with Gasteiger partial charge in [-0.3, -0.25) is 9.52 Å². The van der Waals surface area contributed by atoms with Crippen molar-refractivity contribution in [3.05, 3.63) is 71.8 Å². The van der Waals surface area contributed by atoms with E-state index < -0.39 is 27.6 Å². The minimum Gasteiger partial charge on any atom is -0.493 e. The number of carbonyl (C=O) groups excluding carboxylic acids is 2. The van der Waals surface area contributed by atoms with E-state index in [0.717, 1.165) is 5.56 Å². The van der Waals surface area contributed by atoms with Gasteiger partial charge >= 0.3 is 6.09 Å². The Hall–Kier alpha value is -4.49. The standard InChI is InChI=1S/C33H43N3O9S/c1-32(2,3)23-12-14-24(15-13-23)46(40,41)36-25-20-22(30(38)34-16-17-35-31(39)45-33(4,5)6)21-28(43-19-18-37)29(25)44-27-11-9-8-10-26(27)42-7/h8-15,20-21,36-37H,16-19H2,1-7H3,(H,34,38)(H,35,39). The number of aliphatic hydroxyl groups excluding tert-OH is 1. The van der Waals surface area contributed by atoms with Crippen LogP contribution in [0.5, 0.6) is 23.0 Å². The highest BCUT2D eigenvalue weighted by Gasteiger charge is 2.25. The fourth-order valence-electron chi connectivity index (χ4n) is 4.08. The molecule has 0 saturated heterocycles. The first-order valence-corrected chi connectivity index (χ1v) is 16.1. The number of hydrogen-bond donors (Lipinski definition) is 4. The maximum atomic E-state index is 13.6. The van der Waals surface area contributed by atoms with Crippen LogP contribution in [0.3, 0.4) is 0 Å². The third-order valence-electron chi connectivity index (χ3n) is 6.30. The summed E-state index contributed by atoms with van der Waals surface area (Å²) >= 11 is 0. The van der Waals surface area contributed by atoms with Gasteiger partial charge in [-0.25, -0.2) is 13.2 Å². The van der Waals surface area contributed by atoms with Crippen LogP contribution in [0.2, 0.25) is 0 Å². The van der Waals surface area contributed by atoms with Crippen molar-refractivity contribution in [2.45, 2.75) is 57.5 Å². The molecule has 0 atom stereocenters. The van der Waals surface area contributed by atoms with E-state index in [-0.39, 0.29) is 65.1 Å². The fourth-order valence-corrected chi connectivity index (χ4v) is 5.14. The van der Waals surface area contributed by atoms with Crippen LogP contribution in [-0.2, 0) is 20.2 Å². The molecule has 0 fully saturated rings. The lowest BCUT2D eigenvalue weighted by Crippen LogP contribution is -2.37. The number of nitrogens with one attached hydrogen (secondary N) is 3. The second-order valence-electron chi connectivity index (χ2n) is 12.2. The van der Waals surface area contributed by atoms with Crippen LogP contribution in [0.25, 0.3) is 0 Å². The van der Waals surface area contributed by atoms with Crippen molar-refractivity contribution in [3.8, 4) is 23.0 Å². The third kappa shape index (κ3) is 10.3. The van der Waals surface area contributed by atoms with Crippen LogP contribution >= 0.6 is 0 Å². The maximum Gasteiger partial charge on any atom is 0.407 e. The van der Waals surface area contributed by atoms with Crippen molar-refractivity contribution in [1.82, 2.24) is 10.6 Å². The van der Waals surface area contributed by atoms with E-state index in [1.54, 1.807) is 57.2 Å². The predicted octanol–water partition coefficient (Wildman–Crippen LogP) is 5.21. The summed E-state index contributed by atoms with van der Waals surface area (Å²) in [6.45, 7) is 10.9. The molecule has 3 aromatic rings. The molecule has 2 amide bonds. The van der Waals surface area contributed by atoms with Crippen molar-refractivity contribution < 1.29 is 42.1 Å². The Balaban J connectivity index is 2.01. The Morgan fingerprint density at radius 1 is 0.848 bits per heavy atom. The SMILES string of the molecule is COc1ccccc1Oc1c(NS(=O)(=O)c2ccc(C(C)(C)C)cc2)cc(C(=O)NCCNC(=O)OC(C)(C)C)cc1OCCO. The number of ether oxygens (including phenoxy) is 4. The number of anilines is 1. The third-order valence-corrected chi connectivity index (χ3v) is 7.68. The molecule has 0 spiro atoms. The highest BCUT2D eigenvalue weighted by molar-refractivity contribution is 7.92. The summed E-state index contributed by atoms with van der Waals surface area (Å²) in [4.78, 5) is 25.2. The van der Waals surface area contributed by atoms with Crippen molar-refractivity contribution in [2.24, 2.45) is 0 Å². The zero-order valence-electron chi connectivity index (χ0n) is 27.2. The highest BCUT2D eigenvalue weighted by atomic mass is 32.2. The molecule has 0 aliphatic carbocycles. The monoisotopic (exact) mass is 657 g/mol. The Kier molecular flexibility index (Phi) is 11.9. The summed E-state index contributed by atoms with van der Waals surface area (Å²) in [5.41, 5.74) is 0.0153. The Morgan fingerprint density at radius 2 is 1.48 bits per heavy atom. The van der Waals surface area contributed by atoms with Crippen LogP contribution in [0.1, 0.15) is 57.5 Å². The van der Waals surface area contributed by atoms with Gasteiger partial charge in [0.2, 0.25) is 0 Å². The zero-order valence-corrected chi connectivity index (χ0v) is 28.0. The number of hydrogen-bond acceptors (Lipinski definition) is 9. The lowest BCUT2D eigenvalue weighted by Gasteiger charge is -2.21. The van der Waals surface area contributed by atoms with E-state index in [2.05, 4.69) is 15.4 Å². The number of alkyl carbamates (subject to hydrolysis) is 1. The zero-order chi connectivity index (χ0) is 34.1. The highest BCUT2D eigenvalue weighted by Crippen LogP contribution is 2.43. The topological polar surface area (TPSA) is 162 Å². The maximum absolute atomic E-state index is 13.6. The lowest BCUT2D eigenvalue weighted by atomic mass is 9.87. The summed E-state index contributed by atoms with van der Waals surface area (Å²) in [5.74, 6) is -0.0457. The van der Waals surface area contributed by atoms with Crippen molar-refractivity contribution >= 4 is 27.7 Å². The number of carbonyl (C=O) groups is 2. The van der Waals surface area contributed by atoms with Gasteiger partial charge in [0.05, 0.1) is 24.3 Å². The van der Waals surface area contributed by atoms with Gasteiger partial charge in [-0.2, -0.15) is 0 Å². The quantitative estimate of drug-likeness (QED) is 0.181. The van der Waals surface area contributed by atoms with Gasteiger partial charge in [0.1, 0.15) is 12.2 Å². The first-order chi connectivity index (χ1) is 21.5. The molecule has 4 N–H and O–H groups in total. The number of para-hydroxylation sites is 2. The van der Waals surface area contributed by atoms with Gasteiger partial charge < -0.3 is 34.7 Å². The van der Waals surface area contributed by atoms with Gasteiger partial charge in [-0.15, -0.1) is 0 Å². The first kappa shape index (κ1) is 36.0. The minimum atomic E-state index is -4.19. The summed E-state index contributed by atoms with van der Waals surface area (Å²) in [6, 6.07) is 15.9. The van der Waals surface area contributed by atoms with E-state index in [4.69, 9.17) is 18.9 Å². The van der Waals surface area contributed by atoms with Crippen LogP contribution in [0.4, 0.5) is 10.5 Å². The number of rotatable bonds is 13. The molecule has 3 rings (SSSR count). The molecule has 0 radical (unpaired) electrons. The van der Waals surface area contributed by atoms with Crippen molar-refractivity contribution in [3.63, 3.8) is 0 Å². The predicted molar refractivity (Wildman–Crippen MR) is 175 cm³/mol. The Bertz CT molecular complexity index is 1610. The van der Waals surface area contributed by atoms with E-state index in [0.29, 0.717) is 5.75 Å². The second kappa shape index (κ2) is 15.2. The Labute approximate surface area is 270 Å². The van der Waals surface area contributed by atoms with Crippen molar-refractivity contribution in [2.75, 3.05) is 38.1 Å². The normalized spacial score (nSPS) is 11.7. The second-order valence-corrected chi connectivity index (χ2v) is 13.9. The van der Waals surface area contributed by atoms with Gasteiger partial charge in [-0.1, -0.05) is 45.0 Å². The van der Waals surface area contributed by atoms with Crippen molar-refractivity contribution in [1.29, 1.82) is 0 Å². The number of sulfonamides is 1. The van der Waals surface area contributed by atoms with E-state index in [1.807, 2.05) is 20.8 Å².